The molecule has 0 aliphatic rings. The van der Waals surface area contributed by atoms with E-state index in [1.54, 1.807) is 0 Å². The van der Waals surface area contributed by atoms with Gasteiger partial charge in [-0.05, 0) is 46.5 Å². The highest BCUT2D eigenvalue weighted by Gasteiger charge is 2.25. The van der Waals surface area contributed by atoms with Gasteiger partial charge < -0.3 is 4.74 Å². The molecule has 0 spiro atoms. The molecule has 0 N–H and O–H groups in total. The van der Waals surface area contributed by atoms with Crippen molar-refractivity contribution in [1.29, 1.82) is 0 Å². The van der Waals surface area contributed by atoms with E-state index in [1.807, 2.05) is 13.8 Å². The van der Waals surface area contributed by atoms with Crippen molar-refractivity contribution < 1.29 is 9.53 Å². The molecule has 1 atom stereocenters. The second-order valence-electron chi connectivity index (χ2n) is 6.59. The zero-order chi connectivity index (χ0) is 14.4. The quantitative estimate of drug-likeness (QED) is 0.594. The standard InChI is InChI=1S/C16H32O2/c1-8-15(4,5)14(17)12-10-11-13(3)18-16(6,7)9-2/h13H,8-12H2,1-7H3. The summed E-state index contributed by atoms with van der Waals surface area (Å²) in [6.07, 6.45) is 4.75. The molecule has 0 aliphatic heterocycles. The Morgan fingerprint density at radius 1 is 1.11 bits per heavy atom. The van der Waals surface area contributed by atoms with Crippen LogP contribution in [0, 0.1) is 5.41 Å². The second kappa shape index (κ2) is 7.28. The molecule has 2 heteroatoms. The van der Waals surface area contributed by atoms with Crippen LogP contribution in [0.4, 0.5) is 0 Å². The summed E-state index contributed by atoms with van der Waals surface area (Å²) in [5.74, 6) is 0.381. The molecule has 0 rings (SSSR count). The van der Waals surface area contributed by atoms with Crippen molar-refractivity contribution in [2.24, 2.45) is 5.41 Å². The highest BCUT2D eigenvalue weighted by atomic mass is 16.5. The highest BCUT2D eigenvalue weighted by molar-refractivity contribution is 5.83. The van der Waals surface area contributed by atoms with Crippen molar-refractivity contribution in [3.05, 3.63) is 0 Å². The minimum atomic E-state index is -0.160. The van der Waals surface area contributed by atoms with Crippen LogP contribution >= 0.6 is 0 Å². The van der Waals surface area contributed by atoms with Crippen LogP contribution in [-0.4, -0.2) is 17.5 Å². The van der Waals surface area contributed by atoms with Gasteiger partial charge in [0.05, 0.1) is 11.7 Å². The molecule has 0 bridgehead atoms. The normalized spacial score (nSPS) is 14.6. The lowest BCUT2D eigenvalue weighted by atomic mass is 9.83. The van der Waals surface area contributed by atoms with Gasteiger partial charge in [0, 0.05) is 11.8 Å². The first-order chi connectivity index (χ1) is 8.14. The Hall–Kier alpha value is -0.370. The lowest BCUT2D eigenvalue weighted by Gasteiger charge is -2.28. The van der Waals surface area contributed by atoms with E-state index in [4.69, 9.17) is 4.74 Å². The lowest BCUT2D eigenvalue weighted by molar-refractivity contribution is -0.127. The predicted molar refractivity (Wildman–Crippen MR) is 77.8 cm³/mol. The van der Waals surface area contributed by atoms with E-state index in [0.29, 0.717) is 12.2 Å². The Balaban J connectivity index is 3.95. The Bertz CT molecular complexity index is 254. The van der Waals surface area contributed by atoms with Gasteiger partial charge in [0.15, 0.2) is 0 Å². The molecule has 0 saturated carbocycles. The number of hydrogen-bond acceptors (Lipinski definition) is 2. The van der Waals surface area contributed by atoms with Gasteiger partial charge in [-0.3, -0.25) is 4.79 Å². The Morgan fingerprint density at radius 3 is 2.11 bits per heavy atom. The maximum Gasteiger partial charge on any atom is 0.138 e. The van der Waals surface area contributed by atoms with E-state index >= 15 is 0 Å². The fourth-order valence-electron chi connectivity index (χ4n) is 1.77. The largest absolute Gasteiger partial charge is 0.373 e. The molecular weight excluding hydrogens is 224 g/mol. The van der Waals surface area contributed by atoms with Crippen LogP contribution in [0.2, 0.25) is 0 Å². The summed E-state index contributed by atoms with van der Waals surface area (Å²) in [6.45, 7) is 14.6. The fraction of sp³-hybridized carbons (Fsp3) is 0.938. The number of carbonyl (C=O) groups excluding carboxylic acids is 1. The lowest BCUT2D eigenvalue weighted by Crippen LogP contribution is -2.28. The van der Waals surface area contributed by atoms with Crippen LogP contribution in [0.25, 0.3) is 0 Å². The van der Waals surface area contributed by atoms with E-state index in [9.17, 15) is 4.79 Å². The van der Waals surface area contributed by atoms with Crippen LogP contribution in [-0.2, 0) is 9.53 Å². The maximum atomic E-state index is 12.0. The van der Waals surface area contributed by atoms with Crippen molar-refractivity contribution in [3.8, 4) is 0 Å². The Kier molecular flexibility index (Phi) is 7.13. The van der Waals surface area contributed by atoms with Crippen molar-refractivity contribution >= 4 is 5.78 Å². The Labute approximate surface area is 113 Å². The molecule has 1 unspecified atom stereocenters. The number of Topliss-reactive ketones (excluding diaryl/α,β-unsaturated/α-hetero) is 1. The minimum absolute atomic E-state index is 0.0495. The molecule has 0 heterocycles. The minimum Gasteiger partial charge on any atom is -0.373 e. The van der Waals surface area contributed by atoms with E-state index in [2.05, 4.69) is 34.6 Å². The summed E-state index contributed by atoms with van der Waals surface area (Å²) in [6, 6.07) is 0. The maximum absolute atomic E-state index is 12.0. The summed E-state index contributed by atoms with van der Waals surface area (Å²) >= 11 is 0. The van der Waals surface area contributed by atoms with Crippen LogP contribution in [0.15, 0.2) is 0 Å². The van der Waals surface area contributed by atoms with Gasteiger partial charge in [0.1, 0.15) is 5.78 Å². The third-order valence-corrected chi connectivity index (χ3v) is 4.02. The summed E-state index contributed by atoms with van der Waals surface area (Å²) in [5, 5.41) is 0. The van der Waals surface area contributed by atoms with Gasteiger partial charge in [-0.2, -0.15) is 0 Å². The van der Waals surface area contributed by atoms with E-state index in [1.165, 1.54) is 0 Å². The molecule has 0 aliphatic carbocycles. The van der Waals surface area contributed by atoms with Gasteiger partial charge in [0.25, 0.3) is 0 Å². The number of ketones is 1. The van der Waals surface area contributed by atoms with Gasteiger partial charge in [-0.15, -0.1) is 0 Å². The first-order valence-corrected chi connectivity index (χ1v) is 7.35. The SMILES string of the molecule is CCC(C)(C)OC(C)CCCC(=O)C(C)(C)CC. The zero-order valence-corrected chi connectivity index (χ0v) is 13.4. The van der Waals surface area contributed by atoms with Gasteiger partial charge in [-0.1, -0.05) is 27.7 Å². The number of hydrogen-bond donors (Lipinski definition) is 0. The zero-order valence-electron chi connectivity index (χ0n) is 13.4. The van der Waals surface area contributed by atoms with Crippen molar-refractivity contribution in [1.82, 2.24) is 0 Å². The molecule has 2 nitrogen and oxygen atoms in total. The molecule has 0 aromatic rings. The average Bonchev–Trinajstić information content (AvgIpc) is 2.28. The topological polar surface area (TPSA) is 26.3 Å². The summed E-state index contributed by atoms with van der Waals surface area (Å²) < 4.78 is 5.97. The van der Waals surface area contributed by atoms with E-state index in [0.717, 1.165) is 25.7 Å². The molecule has 0 radical (unpaired) electrons. The second-order valence-corrected chi connectivity index (χ2v) is 6.59. The predicted octanol–water partition coefficient (Wildman–Crippen LogP) is 4.76. The highest BCUT2D eigenvalue weighted by Crippen LogP contribution is 2.24. The smallest absolute Gasteiger partial charge is 0.138 e. The third-order valence-electron chi connectivity index (χ3n) is 4.02. The molecule has 0 saturated heterocycles. The number of ether oxygens (including phenoxy) is 1. The molecule has 0 fully saturated rings. The number of rotatable bonds is 9. The van der Waals surface area contributed by atoms with Gasteiger partial charge >= 0.3 is 0 Å². The summed E-state index contributed by atoms with van der Waals surface area (Å²) in [4.78, 5) is 12.0. The summed E-state index contributed by atoms with van der Waals surface area (Å²) in [5.41, 5.74) is -0.209. The van der Waals surface area contributed by atoms with Crippen LogP contribution < -0.4 is 0 Å². The van der Waals surface area contributed by atoms with E-state index < -0.39 is 0 Å². The molecule has 0 aromatic carbocycles. The molecule has 0 aromatic heterocycles. The van der Waals surface area contributed by atoms with Crippen molar-refractivity contribution in [3.63, 3.8) is 0 Å². The Morgan fingerprint density at radius 2 is 1.67 bits per heavy atom. The average molecular weight is 256 g/mol. The monoisotopic (exact) mass is 256 g/mol. The summed E-state index contributed by atoms with van der Waals surface area (Å²) in [7, 11) is 0. The van der Waals surface area contributed by atoms with Crippen LogP contribution in [0.3, 0.4) is 0 Å². The fourth-order valence-corrected chi connectivity index (χ4v) is 1.77. The third kappa shape index (κ3) is 6.53. The van der Waals surface area contributed by atoms with Crippen molar-refractivity contribution in [2.75, 3.05) is 0 Å². The van der Waals surface area contributed by atoms with E-state index in [-0.39, 0.29) is 17.1 Å². The molecule has 0 amide bonds. The van der Waals surface area contributed by atoms with Crippen LogP contribution in [0.1, 0.15) is 80.6 Å². The first-order valence-electron chi connectivity index (χ1n) is 7.35. The molecule has 18 heavy (non-hydrogen) atoms. The molecular formula is C16H32O2. The van der Waals surface area contributed by atoms with Gasteiger partial charge in [-0.25, -0.2) is 0 Å². The van der Waals surface area contributed by atoms with Crippen molar-refractivity contribution in [2.45, 2.75) is 92.3 Å². The number of carbonyl (C=O) groups is 1. The van der Waals surface area contributed by atoms with Gasteiger partial charge in [0.2, 0.25) is 0 Å². The first kappa shape index (κ1) is 17.6. The molecule has 108 valence electrons. The van der Waals surface area contributed by atoms with Crippen LogP contribution in [0.5, 0.6) is 0 Å².